The van der Waals surface area contributed by atoms with Crippen LogP contribution in [0.25, 0.3) is 0 Å². The number of hydrogen-bond acceptors (Lipinski definition) is 1. The van der Waals surface area contributed by atoms with E-state index in [0.29, 0.717) is 5.41 Å². The molecule has 1 fully saturated rings. The molecular weight excluding hydrogens is 134 g/mol. The summed E-state index contributed by atoms with van der Waals surface area (Å²) in [6.07, 6.45) is 2.65. The van der Waals surface area contributed by atoms with Crippen molar-refractivity contribution in [2.75, 3.05) is 6.54 Å². The van der Waals surface area contributed by atoms with E-state index < -0.39 is 0 Å². The maximum atomic E-state index is 3.60. The molecule has 11 heavy (non-hydrogen) atoms. The van der Waals surface area contributed by atoms with Crippen molar-refractivity contribution >= 4 is 0 Å². The fourth-order valence-electron chi connectivity index (χ4n) is 1.14. The molecule has 2 unspecified atom stereocenters. The van der Waals surface area contributed by atoms with Crippen LogP contribution in [0, 0.1) is 11.3 Å². The van der Waals surface area contributed by atoms with Gasteiger partial charge in [0.2, 0.25) is 0 Å². The minimum absolute atomic E-state index is 0.488. The number of nitrogens with one attached hydrogen (secondary N) is 1. The molecule has 0 aromatic heterocycles. The summed E-state index contributed by atoms with van der Waals surface area (Å²) in [5, 5.41) is 3.60. The van der Waals surface area contributed by atoms with Gasteiger partial charge in [-0.15, -0.1) is 0 Å². The second-order valence-electron chi connectivity index (χ2n) is 4.72. The topological polar surface area (TPSA) is 12.0 Å². The van der Waals surface area contributed by atoms with Crippen LogP contribution in [-0.4, -0.2) is 12.6 Å². The summed E-state index contributed by atoms with van der Waals surface area (Å²) < 4.78 is 0. The SMILES string of the molecule is CCC(C)(C)CNC1CC1C. The Balaban J connectivity index is 2.11. The van der Waals surface area contributed by atoms with Crippen LogP contribution in [0.15, 0.2) is 0 Å². The Morgan fingerprint density at radius 3 is 2.36 bits per heavy atom. The normalized spacial score (nSPS) is 30.5. The van der Waals surface area contributed by atoms with E-state index >= 15 is 0 Å². The van der Waals surface area contributed by atoms with Gasteiger partial charge in [-0.1, -0.05) is 27.7 Å². The van der Waals surface area contributed by atoms with Gasteiger partial charge < -0.3 is 5.32 Å². The van der Waals surface area contributed by atoms with Crippen molar-refractivity contribution in [1.29, 1.82) is 0 Å². The molecule has 0 saturated heterocycles. The molecule has 0 aromatic rings. The Morgan fingerprint density at radius 1 is 1.45 bits per heavy atom. The quantitative estimate of drug-likeness (QED) is 0.657. The lowest BCUT2D eigenvalue weighted by atomic mass is 9.90. The van der Waals surface area contributed by atoms with E-state index in [0.717, 1.165) is 12.0 Å². The maximum absolute atomic E-state index is 3.60. The van der Waals surface area contributed by atoms with Crippen molar-refractivity contribution in [2.24, 2.45) is 11.3 Å². The molecule has 1 aliphatic rings. The Morgan fingerprint density at radius 2 is 2.00 bits per heavy atom. The molecule has 0 radical (unpaired) electrons. The molecule has 1 rings (SSSR count). The highest BCUT2D eigenvalue weighted by molar-refractivity contribution is 4.90. The van der Waals surface area contributed by atoms with Gasteiger partial charge in [0.1, 0.15) is 0 Å². The van der Waals surface area contributed by atoms with Crippen molar-refractivity contribution in [1.82, 2.24) is 5.32 Å². The molecule has 2 atom stereocenters. The molecule has 66 valence electrons. The zero-order valence-electron chi connectivity index (χ0n) is 8.28. The third-order valence-electron chi connectivity index (χ3n) is 2.91. The minimum Gasteiger partial charge on any atom is -0.313 e. The fraction of sp³-hybridized carbons (Fsp3) is 1.00. The Labute approximate surface area is 70.6 Å². The summed E-state index contributed by atoms with van der Waals surface area (Å²) in [4.78, 5) is 0. The summed E-state index contributed by atoms with van der Waals surface area (Å²) in [5.41, 5.74) is 0.488. The van der Waals surface area contributed by atoms with Gasteiger partial charge in [0, 0.05) is 12.6 Å². The van der Waals surface area contributed by atoms with Gasteiger partial charge in [-0.3, -0.25) is 0 Å². The van der Waals surface area contributed by atoms with Gasteiger partial charge in [-0.2, -0.15) is 0 Å². The molecule has 0 heterocycles. The summed E-state index contributed by atoms with van der Waals surface area (Å²) >= 11 is 0. The number of hydrogen-bond donors (Lipinski definition) is 1. The third kappa shape index (κ3) is 2.82. The Kier molecular flexibility index (Phi) is 2.58. The van der Waals surface area contributed by atoms with Crippen molar-refractivity contribution in [3.8, 4) is 0 Å². The van der Waals surface area contributed by atoms with Crippen LogP contribution in [0.4, 0.5) is 0 Å². The van der Waals surface area contributed by atoms with Crippen molar-refractivity contribution in [2.45, 2.75) is 46.6 Å². The molecule has 1 saturated carbocycles. The van der Waals surface area contributed by atoms with Gasteiger partial charge in [0.05, 0.1) is 0 Å². The number of rotatable bonds is 4. The van der Waals surface area contributed by atoms with E-state index in [2.05, 4.69) is 33.0 Å². The predicted molar refractivity (Wildman–Crippen MR) is 49.6 cm³/mol. The van der Waals surface area contributed by atoms with Crippen LogP contribution in [0.1, 0.15) is 40.5 Å². The molecule has 1 N–H and O–H groups in total. The summed E-state index contributed by atoms with van der Waals surface area (Å²) in [6, 6.07) is 0.834. The van der Waals surface area contributed by atoms with E-state index in [1.165, 1.54) is 19.4 Å². The Hall–Kier alpha value is -0.0400. The smallest absolute Gasteiger partial charge is 0.00966 e. The van der Waals surface area contributed by atoms with Gasteiger partial charge in [-0.05, 0) is 24.2 Å². The fourth-order valence-corrected chi connectivity index (χ4v) is 1.14. The summed E-state index contributed by atoms with van der Waals surface area (Å²) in [6.45, 7) is 10.4. The lowest BCUT2D eigenvalue weighted by Gasteiger charge is -2.22. The van der Waals surface area contributed by atoms with Gasteiger partial charge in [0.15, 0.2) is 0 Å². The summed E-state index contributed by atoms with van der Waals surface area (Å²) in [5.74, 6) is 0.933. The molecule has 0 aromatic carbocycles. The highest BCUT2D eigenvalue weighted by atomic mass is 15.0. The van der Waals surface area contributed by atoms with Crippen molar-refractivity contribution in [3.63, 3.8) is 0 Å². The van der Waals surface area contributed by atoms with Crippen LogP contribution >= 0.6 is 0 Å². The first-order valence-electron chi connectivity index (χ1n) is 4.78. The second-order valence-corrected chi connectivity index (χ2v) is 4.72. The first-order valence-corrected chi connectivity index (χ1v) is 4.78. The molecule has 0 aliphatic heterocycles. The first kappa shape index (κ1) is 9.05. The third-order valence-corrected chi connectivity index (χ3v) is 2.91. The van der Waals surface area contributed by atoms with Crippen LogP contribution in [-0.2, 0) is 0 Å². The average Bonchev–Trinajstić information content (AvgIpc) is 2.63. The summed E-state index contributed by atoms with van der Waals surface area (Å²) in [7, 11) is 0. The van der Waals surface area contributed by atoms with Crippen LogP contribution in [0.5, 0.6) is 0 Å². The zero-order valence-corrected chi connectivity index (χ0v) is 8.28. The van der Waals surface area contributed by atoms with Crippen molar-refractivity contribution < 1.29 is 0 Å². The van der Waals surface area contributed by atoms with Gasteiger partial charge >= 0.3 is 0 Å². The Bertz CT molecular complexity index is 129. The molecular formula is C10H21N. The van der Waals surface area contributed by atoms with E-state index in [4.69, 9.17) is 0 Å². The lowest BCUT2D eigenvalue weighted by molar-refractivity contribution is 0.325. The lowest BCUT2D eigenvalue weighted by Crippen LogP contribution is -2.30. The molecule has 1 nitrogen and oxygen atoms in total. The zero-order chi connectivity index (χ0) is 8.48. The largest absolute Gasteiger partial charge is 0.313 e. The average molecular weight is 155 g/mol. The molecule has 0 bridgehead atoms. The van der Waals surface area contributed by atoms with Crippen molar-refractivity contribution in [3.05, 3.63) is 0 Å². The van der Waals surface area contributed by atoms with Gasteiger partial charge in [-0.25, -0.2) is 0 Å². The monoisotopic (exact) mass is 155 g/mol. The molecule has 1 heteroatoms. The standard InChI is InChI=1S/C10H21N/c1-5-10(3,4)7-11-9-6-8(9)2/h8-9,11H,5-7H2,1-4H3. The van der Waals surface area contributed by atoms with Crippen LogP contribution in [0.3, 0.4) is 0 Å². The first-order chi connectivity index (χ1) is 5.05. The van der Waals surface area contributed by atoms with E-state index in [1.54, 1.807) is 0 Å². The van der Waals surface area contributed by atoms with E-state index in [1.807, 2.05) is 0 Å². The molecule has 0 amide bonds. The second kappa shape index (κ2) is 3.14. The van der Waals surface area contributed by atoms with Crippen LogP contribution in [0.2, 0.25) is 0 Å². The maximum Gasteiger partial charge on any atom is 0.00966 e. The van der Waals surface area contributed by atoms with Crippen LogP contribution < -0.4 is 5.32 Å². The highest BCUT2D eigenvalue weighted by Crippen LogP contribution is 2.30. The van der Waals surface area contributed by atoms with E-state index in [-0.39, 0.29) is 0 Å². The van der Waals surface area contributed by atoms with Gasteiger partial charge in [0.25, 0.3) is 0 Å². The minimum atomic E-state index is 0.488. The van der Waals surface area contributed by atoms with E-state index in [9.17, 15) is 0 Å². The predicted octanol–water partition coefficient (Wildman–Crippen LogP) is 2.42. The highest BCUT2D eigenvalue weighted by Gasteiger charge is 2.32. The molecule has 0 spiro atoms. The molecule has 1 aliphatic carbocycles.